The summed E-state index contributed by atoms with van der Waals surface area (Å²) in [6.07, 6.45) is 3.05. The van der Waals surface area contributed by atoms with Crippen LogP contribution in [0.3, 0.4) is 0 Å². The number of hydrogen-bond acceptors (Lipinski definition) is 8. The first-order valence-electron chi connectivity index (χ1n) is 17.5. The summed E-state index contributed by atoms with van der Waals surface area (Å²) in [5.74, 6) is -4.83. The van der Waals surface area contributed by atoms with Crippen molar-refractivity contribution >= 4 is 28.2 Å². The van der Waals surface area contributed by atoms with Gasteiger partial charge >= 0.3 is 0 Å². The molecule has 4 rings (SSSR count). The molecule has 0 aliphatic heterocycles. The first-order valence-corrected chi connectivity index (χ1v) is 17.5. The Bertz CT molecular complexity index is 2190. The maximum atomic E-state index is 13.6. The normalized spacial score (nSPS) is 14.1. The van der Waals surface area contributed by atoms with Gasteiger partial charge in [-0.15, -0.1) is 0 Å². The smallest absolute Gasteiger partial charge is 0.255 e. The minimum Gasteiger partial charge on any atom is -0.512 e. The third-order valence-electron chi connectivity index (χ3n) is 9.38. The van der Waals surface area contributed by atoms with Crippen molar-refractivity contribution in [3.63, 3.8) is 0 Å². The van der Waals surface area contributed by atoms with Crippen molar-refractivity contribution in [1.29, 1.82) is 0 Å². The topological polar surface area (TPSA) is 180 Å². The SMILES string of the molecule is C=C(O)/C(O)=C(/C(=O)NC[C@@H](C)c1ccccc1)C(=CC)/C=C(C)\C(=C(/C)O)c1c(C)cc2c(C(=O)NC[C@H](C)c3ccccc3)c(O)c(O)cc2c1O. The molecule has 54 heavy (non-hydrogen) atoms. The lowest BCUT2D eigenvalue weighted by Gasteiger charge is -2.20. The lowest BCUT2D eigenvalue weighted by atomic mass is 9.87. The summed E-state index contributed by atoms with van der Waals surface area (Å²) in [4.78, 5) is 27.2. The average Bonchev–Trinajstić information content (AvgIpc) is 3.15. The van der Waals surface area contributed by atoms with E-state index < -0.39 is 34.8 Å². The molecule has 0 aromatic heterocycles. The molecule has 4 aromatic rings. The summed E-state index contributed by atoms with van der Waals surface area (Å²) < 4.78 is 0. The number of aryl methyl sites for hydroxylation is 1. The van der Waals surface area contributed by atoms with Crippen molar-refractivity contribution in [3.05, 3.63) is 153 Å². The van der Waals surface area contributed by atoms with Gasteiger partial charge in [-0.2, -0.15) is 0 Å². The summed E-state index contributed by atoms with van der Waals surface area (Å²) in [6.45, 7) is 14.0. The standard InChI is InChI=1S/C44H48N2O8/c1-8-30(38(40(50)29(7)48)43(53)45-22-26(4)31-15-11-9-12-16-31)19-24(2)36(28(6)47)37-25(3)20-33-34(41(37)51)21-35(49)42(52)39(33)44(54)46-23-27(5)32-17-13-10-14-18-32/h8-21,26-27,47-52H,7,22-23H2,1-6H3,(H,45,53)(H,46,54)/b24-19-,30-8?,36-28-,40-38-/t26-,27+/m1/s1. The molecule has 10 heteroatoms. The summed E-state index contributed by atoms with van der Waals surface area (Å²) >= 11 is 0. The zero-order valence-corrected chi connectivity index (χ0v) is 31.4. The van der Waals surface area contributed by atoms with Gasteiger partial charge in [0.1, 0.15) is 5.75 Å². The molecule has 282 valence electrons. The zero-order valence-electron chi connectivity index (χ0n) is 31.4. The van der Waals surface area contributed by atoms with Crippen molar-refractivity contribution in [1.82, 2.24) is 10.6 Å². The minimum atomic E-state index is -0.743. The van der Waals surface area contributed by atoms with Crippen LogP contribution in [-0.2, 0) is 4.79 Å². The predicted molar refractivity (Wildman–Crippen MR) is 213 cm³/mol. The zero-order chi connectivity index (χ0) is 39.9. The molecule has 4 aromatic carbocycles. The Labute approximate surface area is 315 Å². The maximum Gasteiger partial charge on any atom is 0.255 e. The lowest BCUT2D eigenvalue weighted by Crippen LogP contribution is -2.30. The van der Waals surface area contributed by atoms with Gasteiger partial charge in [0.2, 0.25) is 0 Å². The van der Waals surface area contributed by atoms with Crippen LogP contribution in [0.4, 0.5) is 0 Å². The van der Waals surface area contributed by atoms with E-state index in [1.54, 1.807) is 32.9 Å². The van der Waals surface area contributed by atoms with Crippen molar-refractivity contribution < 1.29 is 40.2 Å². The largest absolute Gasteiger partial charge is 0.512 e. The Morgan fingerprint density at radius 2 is 1.31 bits per heavy atom. The fourth-order valence-corrected chi connectivity index (χ4v) is 6.43. The third-order valence-corrected chi connectivity index (χ3v) is 9.38. The number of amides is 2. The van der Waals surface area contributed by atoms with E-state index in [9.17, 15) is 40.2 Å². The highest BCUT2D eigenvalue weighted by Gasteiger charge is 2.27. The number of carbonyl (C=O) groups is 2. The number of aliphatic hydroxyl groups is 3. The van der Waals surface area contributed by atoms with Crippen LogP contribution in [0.25, 0.3) is 16.3 Å². The second-order valence-electron chi connectivity index (χ2n) is 13.4. The first-order chi connectivity index (χ1) is 25.6. The number of allylic oxidation sites excluding steroid dienone is 5. The number of rotatable bonds is 13. The molecule has 2 atom stereocenters. The van der Waals surface area contributed by atoms with Crippen LogP contribution in [0.5, 0.6) is 17.2 Å². The highest BCUT2D eigenvalue weighted by molar-refractivity contribution is 6.13. The molecule has 0 aliphatic rings. The molecule has 0 radical (unpaired) electrons. The number of phenolic OH excluding ortho intramolecular Hbond substituents is 3. The molecule has 0 fully saturated rings. The van der Waals surface area contributed by atoms with Gasteiger partial charge in [0, 0.05) is 35.0 Å². The molecule has 0 aliphatic carbocycles. The van der Waals surface area contributed by atoms with Gasteiger partial charge in [-0.25, -0.2) is 0 Å². The Balaban J connectivity index is 1.75. The summed E-state index contributed by atoms with van der Waals surface area (Å²) in [5, 5.41) is 71.3. The molecule has 0 spiro atoms. The Morgan fingerprint density at radius 1 is 0.778 bits per heavy atom. The molecule has 0 saturated heterocycles. The van der Waals surface area contributed by atoms with E-state index in [2.05, 4.69) is 17.2 Å². The van der Waals surface area contributed by atoms with E-state index in [4.69, 9.17) is 0 Å². The number of aliphatic hydroxyl groups excluding tert-OH is 3. The molecule has 8 N–H and O–H groups in total. The fraction of sp³-hybridized carbons (Fsp3) is 0.227. The van der Waals surface area contributed by atoms with Crippen LogP contribution in [0.15, 0.2) is 126 Å². The Kier molecular flexibility index (Phi) is 13.0. The average molecular weight is 733 g/mol. The molecule has 2 amide bonds. The minimum absolute atomic E-state index is 0.0340. The third kappa shape index (κ3) is 8.78. The van der Waals surface area contributed by atoms with Gasteiger partial charge in [0.15, 0.2) is 23.0 Å². The van der Waals surface area contributed by atoms with Crippen molar-refractivity contribution in [3.8, 4) is 17.2 Å². The van der Waals surface area contributed by atoms with Crippen molar-refractivity contribution in [2.75, 3.05) is 13.1 Å². The van der Waals surface area contributed by atoms with Crippen LogP contribution in [0, 0.1) is 6.92 Å². The van der Waals surface area contributed by atoms with Crippen LogP contribution < -0.4 is 10.6 Å². The highest BCUT2D eigenvalue weighted by Crippen LogP contribution is 2.45. The summed E-state index contributed by atoms with van der Waals surface area (Å²) in [5.41, 5.74) is 2.73. The van der Waals surface area contributed by atoms with E-state index in [0.29, 0.717) is 11.1 Å². The molecule has 0 saturated carbocycles. The number of fused-ring (bicyclic) bond motifs is 1. The van der Waals surface area contributed by atoms with E-state index >= 15 is 0 Å². The van der Waals surface area contributed by atoms with Gasteiger partial charge in [-0.1, -0.05) is 93.2 Å². The van der Waals surface area contributed by atoms with Crippen molar-refractivity contribution in [2.24, 2.45) is 0 Å². The number of hydrogen-bond donors (Lipinski definition) is 8. The second kappa shape index (κ2) is 17.4. The van der Waals surface area contributed by atoms with Gasteiger partial charge < -0.3 is 41.3 Å². The summed E-state index contributed by atoms with van der Waals surface area (Å²) in [7, 11) is 0. The van der Waals surface area contributed by atoms with Crippen LogP contribution >= 0.6 is 0 Å². The molecule has 0 bridgehead atoms. The predicted octanol–water partition coefficient (Wildman–Crippen LogP) is 8.78. The van der Waals surface area contributed by atoms with Crippen molar-refractivity contribution in [2.45, 2.75) is 53.4 Å². The van der Waals surface area contributed by atoms with Gasteiger partial charge in [0.25, 0.3) is 11.8 Å². The fourth-order valence-electron chi connectivity index (χ4n) is 6.43. The molecule has 0 heterocycles. The number of carbonyl (C=O) groups excluding carboxylic acids is 2. The Morgan fingerprint density at radius 3 is 1.81 bits per heavy atom. The van der Waals surface area contributed by atoms with E-state index in [-0.39, 0.29) is 75.1 Å². The maximum absolute atomic E-state index is 13.6. The molecule has 0 unspecified atom stereocenters. The second-order valence-corrected chi connectivity index (χ2v) is 13.4. The van der Waals surface area contributed by atoms with Crippen LogP contribution in [0.1, 0.15) is 79.1 Å². The number of phenols is 3. The monoisotopic (exact) mass is 732 g/mol. The van der Waals surface area contributed by atoms with Gasteiger partial charge in [-0.3, -0.25) is 9.59 Å². The summed E-state index contributed by atoms with van der Waals surface area (Å²) in [6, 6.07) is 21.8. The number of nitrogens with one attached hydrogen (secondary N) is 2. The van der Waals surface area contributed by atoms with Crippen LogP contribution in [-0.4, -0.2) is 55.5 Å². The van der Waals surface area contributed by atoms with Gasteiger partial charge in [0.05, 0.1) is 16.9 Å². The van der Waals surface area contributed by atoms with Crippen LogP contribution in [0.2, 0.25) is 0 Å². The highest BCUT2D eigenvalue weighted by atomic mass is 16.3. The molecule has 10 nitrogen and oxygen atoms in total. The van der Waals surface area contributed by atoms with E-state index in [0.717, 1.165) is 17.2 Å². The lowest BCUT2D eigenvalue weighted by molar-refractivity contribution is -0.117. The van der Waals surface area contributed by atoms with E-state index in [1.165, 1.54) is 13.0 Å². The number of aromatic hydroxyl groups is 3. The number of benzene rings is 4. The molecular formula is C44H48N2O8. The van der Waals surface area contributed by atoms with Gasteiger partial charge in [-0.05, 0) is 79.5 Å². The molecular weight excluding hydrogens is 684 g/mol. The first kappa shape index (κ1) is 40.4. The quantitative estimate of drug-likeness (QED) is 0.0291. The Hall–Kier alpha value is -6.42. The van der Waals surface area contributed by atoms with E-state index in [1.807, 2.05) is 74.5 Å².